The van der Waals surface area contributed by atoms with E-state index < -0.39 is 23.6 Å². The van der Waals surface area contributed by atoms with Gasteiger partial charge in [0.15, 0.2) is 0 Å². The Balaban J connectivity index is 2.41. The molecule has 1 heterocycles. The lowest BCUT2D eigenvalue weighted by atomic mass is 9.93. The van der Waals surface area contributed by atoms with E-state index in [-0.39, 0.29) is 38.0 Å². The highest BCUT2D eigenvalue weighted by molar-refractivity contribution is 7.75. The monoisotopic (exact) mass is 556 g/mol. The second-order valence-electron chi connectivity index (χ2n) is 9.26. The highest BCUT2D eigenvalue weighted by Crippen LogP contribution is 2.31. The summed E-state index contributed by atoms with van der Waals surface area (Å²) in [6.45, 7) is 9.41. The molecule has 0 saturated carbocycles. The SMILES string of the molecule is C=CC[C@H](C)O[C@H](CC(OS)c1nc(CC(=O)O)cs1)C(=O)N(CC(C)(C)CO)c1ccc(Cl)cc1. The van der Waals surface area contributed by atoms with Crippen LogP contribution in [0.1, 0.15) is 50.4 Å². The van der Waals surface area contributed by atoms with Crippen molar-refractivity contribution < 1.29 is 28.7 Å². The van der Waals surface area contributed by atoms with Gasteiger partial charge in [0.25, 0.3) is 5.91 Å². The largest absolute Gasteiger partial charge is 0.481 e. The molecule has 0 spiro atoms. The Kier molecular flexibility index (Phi) is 11.9. The van der Waals surface area contributed by atoms with Crippen LogP contribution in [0.3, 0.4) is 0 Å². The van der Waals surface area contributed by atoms with Gasteiger partial charge in [-0.3, -0.25) is 9.59 Å². The molecule has 36 heavy (non-hydrogen) atoms. The molecular formula is C25H33ClN2O6S2. The van der Waals surface area contributed by atoms with Crippen molar-refractivity contribution >= 4 is 53.4 Å². The standard InChI is InChI=1S/C25H33ClN2O6S2/c1-5-6-16(2)33-21(12-20(34-35)23-27-18(13-36-23)11-22(30)31)24(32)28(14-25(3,4)15-29)19-9-7-17(26)8-10-19/h5,7-10,13,16,20-21,29,35H,1,6,11-12,14-15H2,2-4H3,(H,30,31)/t16-,20?,21+/m0/s1. The molecule has 0 bridgehead atoms. The Morgan fingerprint density at radius 1 is 1.33 bits per heavy atom. The lowest BCUT2D eigenvalue weighted by Gasteiger charge is -2.35. The number of carbonyl (C=O) groups is 2. The van der Waals surface area contributed by atoms with Crippen LogP contribution in [-0.4, -0.2) is 52.4 Å². The normalized spacial score (nSPS) is 14.2. The van der Waals surface area contributed by atoms with E-state index in [1.807, 2.05) is 20.8 Å². The van der Waals surface area contributed by atoms with E-state index in [4.69, 9.17) is 25.6 Å². The topological polar surface area (TPSA) is 109 Å². The van der Waals surface area contributed by atoms with Gasteiger partial charge in [0, 0.05) is 41.1 Å². The van der Waals surface area contributed by atoms with Crippen molar-refractivity contribution in [3.05, 3.63) is 58.0 Å². The third-order valence-electron chi connectivity index (χ3n) is 5.32. The quantitative estimate of drug-likeness (QED) is 0.159. The van der Waals surface area contributed by atoms with Crippen molar-refractivity contribution in [2.45, 2.75) is 58.3 Å². The lowest BCUT2D eigenvalue weighted by molar-refractivity contribution is -0.136. The van der Waals surface area contributed by atoms with E-state index in [0.29, 0.717) is 27.8 Å². The molecular weight excluding hydrogens is 524 g/mol. The van der Waals surface area contributed by atoms with Crippen LogP contribution in [0.4, 0.5) is 5.69 Å². The molecule has 0 aliphatic rings. The summed E-state index contributed by atoms with van der Waals surface area (Å²) >= 11 is 11.3. The summed E-state index contributed by atoms with van der Waals surface area (Å²) < 4.78 is 11.5. The van der Waals surface area contributed by atoms with Gasteiger partial charge >= 0.3 is 5.97 Å². The van der Waals surface area contributed by atoms with E-state index in [2.05, 4.69) is 24.5 Å². The predicted molar refractivity (Wildman–Crippen MR) is 145 cm³/mol. The minimum atomic E-state index is -0.991. The molecule has 1 amide bonds. The molecule has 1 aromatic carbocycles. The van der Waals surface area contributed by atoms with Crippen molar-refractivity contribution in [3.63, 3.8) is 0 Å². The molecule has 0 radical (unpaired) electrons. The van der Waals surface area contributed by atoms with Gasteiger partial charge in [0.1, 0.15) is 17.2 Å². The minimum Gasteiger partial charge on any atom is -0.481 e. The number of carbonyl (C=O) groups excluding carboxylic acids is 1. The first-order chi connectivity index (χ1) is 17.0. The molecule has 0 aliphatic carbocycles. The third kappa shape index (κ3) is 9.17. The van der Waals surface area contributed by atoms with Crippen molar-refractivity contribution in [1.82, 2.24) is 4.98 Å². The Morgan fingerprint density at radius 3 is 2.56 bits per heavy atom. The van der Waals surface area contributed by atoms with Crippen LogP contribution in [0, 0.1) is 5.41 Å². The number of anilines is 1. The number of hydrogen-bond donors (Lipinski definition) is 3. The maximum Gasteiger partial charge on any atom is 0.309 e. The number of benzene rings is 1. The van der Waals surface area contributed by atoms with Gasteiger partial charge in [-0.1, -0.05) is 31.5 Å². The van der Waals surface area contributed by atoms with E-state index in [0.717, 1.165) is 0 Å². The van der Waals surface area contributed by atoms with Gasteiger partial charge < -0.3 is 24.0 Å². The highest BCUT2D eigenvalue weighted by atomic mass is 35.5. The van der Waals surface area contributed by atoms with Crippen LogP contribution in [0.5, 0.6) is 0 Å². The number of aliphatic hydroxyl groups excluding tert-OH is 1. The summed E-state index contributed by atoms with van der Waals surface area (Å²) in [5.74, 6) is -1.32. The zero-order valence-corrected chi connectivity index (χ0v) is 23.1. The number of nitrogens with zero attached hydrogens (tertiary/aromatic N) is 2. The number of rotatable bonds is 15. The van der Waals surface area contributed by atoms with Crippen LogP contribution in [0.25, 0.3) is 0 Å². The zero-order chi connectivity index (χ0) is 26.9. The number of ether oxygens (including phenoxy) is 1. The first-order valence-corrected chi connectivity index (χ1v) is 13.0. The molecule has 3 atom stereocenters. The predicted octanol–water partition coefficient (Wildman–Crippen LogP) is 5.12. The first kappa shape index (κ1) is 30.3. The Bertz CT molecular complexity index is 1010. The van der Waals surface area contributed by atoms with Crippen molar-refractivity contribution in [2.75, 3.05) is 18.1 Å². The third-order valence-corrected chi connectivity index (χ3v) is 6.81. The average Bonchev–Trinajstić information content (AvgIpc) is 3.28. The van der Waals surface area contributed by atoms with Crippen LogP contribution in [-0.2, 0) is 24.9 Å². The summed E-state index contributed by atoms with van der Waals surface area (Å²) in [4.78, 5) is 31.0. The summed E-state index contributed by atoms with van der Waals surface area (Å²) in [6, 6.07) is 6.87. The van der Waals surface area contributed by atoms with Gasteiger partial charge in [0.05, 0.1) is 18.2 Å². The van der Waals surface area contributed by atoms with Gasteiger partial charge in [-0.05, 0) is 50.5 Å². The number of amides is 1. The number of aliphatic carboxylic acids is 1. The van der Waals surface area contributed by atoms with Crippen molar-refractivity contribution in [1.29, 1.82) is 0 Å². The van der Waals surface area contributed by atoms with E-state index in [9.17, 15) is 14.7 Å². The molecule has 198 valence electrons. The highest BCUT2D eigenvalue weighted by Gasteiger charge is 2.34. The average molecular weight is 557 g/mol. The number of halogens is 1. The Morgan fingerprint density at radius 2 is 2.00 bits per heavy atom. The molecule has 2 rings (SSSR count). The minimum absolute atomic E-state index is 0.0908. The van der Waals surface area contributed by atoms with Crippen LogP contribution in [0.15, 0.2) is 42.3 Å². The number of carboxylic acids is 1. The lowest BCUT2D eigenvalue weighted by Crippen LogP contribution is -2.47. The summed E-state index contributed by atoms with van der Waals surface area (Å²) in [7, 11) is 0. The van der Waals surface area contributed by atoms with Gasteiger partial charge in [-0.2, -0.15) is 0 Å². The number of hydrogen-bond acceptors (Lipinski definition) is 8. The van der Waals surface area contributed by atoms with Gasteiger partial charge in [0.2, 0.25) is 0 Å². The second kappa shape index (κ2) is 14.1. The molecule has 2 N–H and O–H groups in total. The molecule has 0 fully saturated rings. The Hall–Kier alpha value is -1.95. The van der Waals surface area contributed by atoms with E-state index >= 15 is 0 Å². The van der Waals surface area contributed by atoms with Crippen molar-refractivity contribution in [3.8, 4) is 0 Å². The number of aromatic nitrogens is 1. The number of carboxylic acid groups (broad SMARTS) is 1. The van der Waals surface area contributed by atoms with Gasteiger partial charge in [-0.25, -0.2) is 4.98 Å². The molecule has 2 aromatic rings. The van der Waals surface area contributed by atoms with Crippen LogP contribution in [0.2, 0.25) is 5.02 Å². The Labute approximate surface area is 226 Å². The molecule has 1 aromatic heterocycles. The maximum absolute atomic E-state index is 14.0. The van der Waals surface area contributed by atoms with Gasteiger partial charge in [-0.15, -0.1) is 17.9 Å². The fourth-order valence-corrected chi connectivity index (χ4v) is 4.69. The zero-order valence-electron chi connectivity index (χ0n) is 20.6. The summed E-state index contributed by atoms with van der Waals surface area (Å²) in [6.07, 6.45) is 0.133. The van der Waals surface area contributed by atoms with E-state index in [1.54, 1.807) is 40.6 Å². The first-order valence-electron chi connectivity index (χ1n) is 11.4. The molecule has 8 nitrogen and oxygen atoms in total. The van der Waals surface area contributed by atoms with E-state index in [1.165, 1.54) is 11.3 Å². The fraction of sp³-hybridized carbons (Fsp3) is 0.480. The molecule has 0 aliphatic heterocycles. The molecule has 0 saturated heterocycles. The smallest absolute Gasteiger partial charge is 0.309 e. The van der Waals surface area contributed by atoms with Crippen LogP contribution < -0.4 is 4.90 Å². The van der Waals surface area contributed by atoms with Crippen LogP contribution >= 0.6 is 35.8 Å². The molecule has 11 heteroatoms. The molecule has 1 unspecified atom stereocenters. The second-order valence-corrected chi connectivity index (χ2v) is 10.8. The number of thiol groups is 1. The maximum atomic E-state index is 14.0. The van der Waals surface area contributed by atoms with Crippen molar-refractivity contribution in [2.24, 2.45) is 5.41 Å². The summed E-state index contributed by atoms with van der Waals surface area (Å²) in [5, 5.41) is 21.6. The summed E-state index contributed by atoms with van der Waals surface area (Å²) in [5.41, 5.74) is 0.416. The fourth-order valence-electron chi connectivity index (χ4n) is 3.44. The number of aliphatic hydroxyl groups is 1. The number of thiazole rings is 1.